The molecule has 1 saturated heterocycles. The van der Waals surface area contributed by atoms with E-state index >= 15 is 0 Å². The maximum atomic E-state index is 13.9. The van der Waals surface area contributed by atoms with Gasteiger partial charge in [0.25, 0.3) is 0 Å². The number of ether oxygens (including phenoxy) is 2. The molecule has 2 amide bonds. The van der Waals surface area contributed by atoms with Crippen molar-refractivity contribution >= 4 is 34.9 Å². The fraction of sp³-hybridized carbons (Fsp3) is 0.486. The van der Waals surface area contributed by atoms with Crippen LogP contribution in [-0.2, 0) is 16.0 Å². The molecule has 0 radical (unpaired) electrons. The first-order valence-corrected chi connectivity index (χ1v) is 17.1. The number of carbonyl (C=O) groups excluding carboxylic acids is 2. The fourth-order valence-corrected chi connectivity index (χ4v) is 7.44. The first-order chi connectivity index (χ1) is 22.6. The second-order valence-electron chi connectivity index (χ2n) is 13.5. The summed E-state index contributed by atoms with van der Waals surface area (Å²) in [7, 11) is 5.63. The van der Waals surface area contributed by atoms with E-state index in [1.807, 2.05) is 74.5 Å². The molecule has 0 bridgehead atoms. The molecule has 9 nitrogen and oxygen atoms in total. The van der Waals surface area contributed by atoms with E-state index in [1.165, 1.54) is 0 Å². The summed E-state index contributed by atoms with van der Waals surface area (Å²) in [5.74, 6) is 2.64. The number of methoxy groups -OCH3 is 1. The van der Waals surface area contributed by atoms with Crippen LogP contribution in [0.4, 0.5) is 11.5 Å². The number of amides is 2. The molecule has 0 spiro atoms. The molecule has 0 N–H and O–H groups in total. The van der Waals surface area contributed by atoms with Crippen LogP contribution in [0, 0.1) is 5.92 Å². The Morgan fingerprint density at radius 1 is 0.979 bits per heavy atom. The number of piperazine rings is 1. The number of halogens is 1. The molecule has 2 aromatic carbocycles. The van der Waals surface area contributed by atoms with E-state index in [0.29, 0.717) is 40.8 Å². The molecule has 47 heavy (non-hydrogen) atoms. The summed E-state index contributed by atoms with van der Waals surface area (Å²) in [5, 5.41) is 0.634. The third-order valence-corrected chi connectivity index (χ3v) is 10.2. The quantitative estimate of drug-likeness (QED) is 0.280. The summed E-state index contributed by atoms with van der Waals surface area (Å²) >= 11 is 6.27. The van der Waals surface area contributed by atoms with Crippen molar-refractivity contribution in [3.8, 4) is 11.5 Å². The Morgan fingerprint density at radius 2 is 1.72 bits per heavy atom. The molecular formula is C37H46ClN5O4. The Balaban J connectivity index is 1.19. The van der Waals surface area contributed by atoms with Gasteiger partial charge in [-0.2, -0.15) is 0 Å². The standard InChI is InChI=1S/C37H46ClN5O4/c1-24(2)47-33-20-31-27(18-32(33)46-5)19-35(44)43(37(31)26-8-10-28(38)11-9-26)34-15-14-30(21-39-34)41(4)22-25-6-12-29(13-7-25)42-17-16-40(3)36(45)23-42/h8-11,14-15,18,20-21,24-25,29,37H,6-7,12-13,16-17,19,22-23H2,1-5H3/t25?,29?,37-/m0/s1. The van der Waals surface area contributed by atoms with Crippen molar-refractivity contribution in [1.82, 2.24) is 14.8 Å². The number of nitrogens with zero attached hydrogens (tertiary/aromatic N) is 5. The summed E-state index contributed by atoms with van der Waals surface area (Å²) in [4.78, 5) is 39.3. The van der Waals surface area contributed by atoms with Crippen LogP contribution in [0.15, 0.2) is 54.7 Å². The van der Waals surface area contributed by atoms with Gasteiger partial charge in [0.1, 0.15) is 5.82 Å². The largest absolute Gasteiger partial charge is 0.493 e. The maximum absolute atomic E-state index is 13.9. The number of carbonyl (C=O) groups is 2. The van der Waals surface area contributed by atoms with E-state index in [9.17, 15) is 9.59 Å². The predicted molar refractivity (Wildman–Crippen MR) is 186 cm³/mol. The van der Waals surface area contributed by atoms with E-state index in [1.54, 1.807) is 12.0 Å². The van der Waals surface area contributed by atoms with Crippen LogP contribution in [-0.4, -0.2) is 86.1 Å². The zero-order valence-electron chi connectivity index (χ0n) is 28.1. The van der Waals surface area contributed by atoms with Crippen molar-refractivity contribution in [1.29, 1.82) is 0 Å². The van der Waals surface area contributed by atoms with Crippen LogP contribution in [0.2, 0.25) is 5.02 Å². The van der Waals surface area contributed by atoms with Crippen molar-refractivity contribution in [3.05, 3.63) is 76.4 Å². The Kier molecular flexibility index (Phi) is 9.94. The number of aromatic nitrogens is 1. The van der Waals surface area contributed by atoms with Gasteiger partial charge in [0, 0.05) is 44.8 Å². The van der Waals surface area contributed by atoms with Crippen molar-refractivity contribution in [2.45, 2.75) is 64.1 Å². The highest BCUT2D eigenvalue weighted by molar-refractivity contribution is 6.30. The molecule has 3 aliphatic rings. The van der Waals surface area contributed by atoms with Crippen LogP contribution < -0.4 is 19.3 Å². The SMILES string of the molecule is COc1cc2c(cc1OC(C)C)[C@H](c1ccc(Cl)cc1)N(c1ccc(N(C)CC3CCC(N4CCN(C)C(=O)C4)CC3)cn1)C(=O)C2. The van der Waals surface area contributed by atoms with Gasteiger partial charge < -0.3 is 19.3 Å². The third-order valence-electron chi connectivity index (χ3n) is 9.91. The number of hydrogen-bond acceptors (Lipinski definition) is 7. The van der Waals surface area contributed by atoms with Gasteiger partial charge in [-0.25, -0.2) is 4.98 Å². The van der Waals surface area contributed by atoms with Crippen LogP contribution in [0.3, 0.4) is 0 Å². The Hall–Kier alpha value is -3.82. The van der Waals surface area contributed by atoms with E-state index < -0.39 is 6.04 Å². The van der Waals surface area contributed by atoms with Gasteiger partial charge in [0.15, 0.2) is 11.5 Å². The summed E-state index contributed by atoms with van der Waals surface area (Å²) in [5.41, 5.74) is 3.84. The van der Waals surface area contributed by atoms with Gasteiger partial charge in [-0.1, -0.05) is 23.7 Å². The van der Waals surface area contributed by atoms with Crippen LogP contribution in [0.25, 0.3) is 0 Å². The van der Waals surface area contributed by atoms with Crippen LogP contribution >= 0.6 is 11.6 Å². The smallest absolute Gasteiger partial charge is 0.236 e. The maximum Gasteiger partial charge on any atom is 0.236 e. The van der Waals surface area contributed by atoms with E-state index in [-0.39, 0.29) is 24.3 Å². The molecular weight excluding hydrogens is 614 g/mol. The van der Waals surface area contributed by atoms with Crippen molar-refractivity contribution < 1.29 is 19.1 Å². The number of fused-ring (bicyclic) bond motifs is 1. The lowest BCUT2D eigenvalue weighted by Crippen LogP contribution is -2.53. The minimum Gasteiger partial charge on any atom is -0.493 e. The minimum absolute atomic E-state index is 0.0376. The summed E-state index contributed by atoms with van der Waals surface area (Å²) in [6.07, 6.45) is 6.63. The van der Waals surface area contributed by atoms with Crippen LogP contribution in [0.5, 0.6) is 11.5 Å². The Morgan fingerprint density at radius 3 is 2.36 bits per heavy atom. The zero-order chi connectivity index (χ0) is 33.2. The monoisotopic (exact) mass is 659 g/mol. The molecule has 250 valence electrons. The summed E-state index contributed by atoms with van der Waals surface area (Å²) in [6, 6.07) is 15.7. The topological polar surface area (TPSA) is 78.5 Å². The number of benzene rings is 2. The second-order valence-corrected chi connectivity index (χ2v) is 13.9. The molecule has 1 saturated carbocycles. The lowest BCUT2D eigenvalue weighted by Gasteiger charge is -2.41. The highest BCUT2D eigenvalue weighted by Gasteiger charge is 2.37. The molecule has 1 atom stereocenters. The number of likely N-dealkylation sites (N-methyl/N-ethyl adjacent to an activating group) is 1. The summed E-state index contributed by atoms with van der Waals surface area (Å²) < 4.78 is 11.8. The average molecular weight is 660 g/mol. The van der Waals surface area contributed by atoms with Gasteiger partial charge in [0.2, 0.25) is 11.8 Å². The second kappa shape index (κ2) is 14.1. The van der Waals surface area contributed by atoms with Crippen molar-refractivity contribution in [2.24, 2.45) is 5.92 Å². The zero-order valence-corrected chi connectivity index (χ0v) is 28.9. The first kappa shape index (κ1) is 33.1. The molecule has 2 fully saturated rings. The molecule has 3 heterocycles. The first-order valence-electron chi connectivity index (χ1n) is 16.7. The van der Waals surface area contributed by atoms with Gasteiger partial charge >= 0.3 is 0 Å². The third kappa shape index (κ3) is 7.21. The lowest BCUT2D eigenvalue weighted by molar-refractivity contribution is -0.135. The number of anilines is 2. The number of rotatable bonds is 9. The molecule has 10 heteroatoms. The van der Waals surface area contributed by atoms with Gasteiger partial charge in [-0.15, -0.1) is 0 Å². The Labute approximate surface area is 283 Å². The molecule has 3 aromatic rings. The minimum atomic E-state index is -0.411. The summed E-state index contributed by atoms with van der Waals surface area (Å²) in [6.45, 7) is 7.25. The molecule has 1 aliphatic carbocycles. The van der Waals surface area contributed by atoms with Crippen molar-refractivity contribution in [3.63, 3.8) is 0 Å². The number of hydrogen-bond donors (Lipinski definition) is 0. The molecule has 2 aliphatic heterocycles. The van der Waals surface area contributed by atoms with E-state index in [4.69, 9.17) is 26.1 Å². The lowest BCUT2D eigenvalue weighted by atomic mass is 9.84. The predicted octanol–water partition coefficient (Wildman–Crippen LogP) is 5.98. The van der Waals surface area contributed by atoms with E-state index in [2.05, 4.69) is 22.9 Å². The Bertz CT molecular complexity index is 1570. The average Bonchev–Trinajstić information content (AvgIpc) is 3.06. The van der Waals surface area contributed by atoms with Gasteiger partial charge in [-0.05, 0) is 98.5 Å². The fourth-order valence-electron chi connectivity index (χ4n) is 7.32. The molecule has 1 aromatic heterocycles. The van der Waals surface area contributed by atoms with Gasteiger partial charge in [-0.3, -0.25) is 19.4 Å². The molecule has 6 rings (SSSR count). The van der Waals surface area contributed by atoms with E-state index in [0.717, 1.165) is 67.7 Å². The number of pyridine rings is 1. The highest BCUT2D eigenvalue weighted by atomic mass is 35.5. The normalized spacial score (nSPS) is 22.0. The van der Waals surface area contributed by atoms with Crippen LogP contribution in [0.1, 0.15) is 62.3 Å². The molecule has 0 unspecified atom stereocenters. The van der Waals surface area contributed by atoms with Gasteiger partial charge in [0.05, 0.1) is 44.1 Å². The van der Waals surface area contributed by atoms with Crippen molar-refractivity contribution in [2.75, 3.05) is 57.2 Å². The highest BCUT2D eigenvalue weighted by Crippen LogP contribution is 2.43.